The van der Waals surface area contributed by atoms with Crippen LogP contribution in [0.4, 0.5) is 0 Å². The van der Waals surface area contributed by atoms with Crippen LogP contribution in [0.25, 0.3) is 0 Å². The maximum Gasteiger partial charge on any atom is 0.0629 e. The topological polar surface area (TPSA) is 29.9 Å². The molecule has 0 fully saturated rings. The minimum atomic E-state index is 0.357. The van der Waals surface area contributed by atoms with Gasteiger partial charge in [-0.15, -0.1) is 0 Å². The number of rotatable bonds is 4. The molecule has 0 amide bonds. The molecule has 1 heterocycles. The normalized spacial score (nSPS) is 12.6. The van der Waals surface area contributed by atoms with E-state index in [1.54, 1.807) is 11.8 Å². The molecule has 90 valence electrons. The van der Waals surface area contributed by atoms with Crippen molar-refractivity contribution in [3.63, 3.8) is 0 Å². The number of nitrogens with one attached hydrogen (secondary N) is 1. The van der Waals surface area contributed by atoms with Crippen molar-refractivity contribution >= 4 is 11.8 Å². The van der Waals surface area contributed by atoms with Crippen LogP contribution < -0.4 is 5.32 Å². The molecule has 1 unspecified atom stereocenters. The Balaban J connectivity index is 2.26. The highest BCUT2D eigenvalue weighted by molar-refractivity contribution is 7.99. The van der Waals surface area contributed by atoms with E-state index in [1.165, 1.54) is 15.4 Å². The first-order chi connectivity index (χ1) is 8.20. The van der Waals surface area contributed by atoms with Crippen molar-refractivity contribution in [3.8, 4) is 0 Å². The Bertz CT molecular complexity index is 493. The average molecular weight is 247 g/mol. The van der Waals surface area contributed by atoms with E-state index in [0.29, 0.717) is 6.04 Å². The molecule has 1 atom stereocenters. The number of hydrogen-bond donors (Lipinski definition) is 1. The smallest absolute Gasteiger partial charge is 0.0629 e. The molecule has 0 saturated carbocycles. The highest BCUT2D eigenvalue weighted by Crippen LogP contribution is 2.32. The van der Waals surface area contributed by atoms with Gasteiger partial charge < -0.3 is 5.32 Å². The molecule has 1 aromatic heterocycles. The molecule has 2 rings (SSSR count). The first-order valence-corrected chi connectivity index (χ1v) is 6.45. The predicted molar refractivity (Wildman–Crippen MR) is 71.2 cm³/mol. The summed E-state index contributed by atoms with van der Waals surface area (Å²) in [5, 5.41) is 7.47. The molecular weight excluding hydrogens is 230 g/mol. The van der Waals surface area contributed by atoms with Gasteiger partial charge in [-0.05, 0) is 25.6 Å². The van der Waals surface area contributed by atoms with Gasteiger partial charge in [-0.25, -0.2) is 0 Å². The zero-order valence-corrected chi connectivity index (χ0v) is 11.2. The van der Waals surface area contributed by atoms with E-state index < -0.39 is 0 Å². The van der Waals surface area contributed by atoms with Crippen molar-refractivity contribution in [1.29, 1.82) is 0 Å². The number of aryl methyl sites for hydroxylation is 1. The molecule has 17 heavy (non-hydrogen) atoms. The summed E-state index contributed by atoms with van der Waals surface area (Å²) in [4.78, 5) is 2.45. The van der Waals surface area contributed by atoms with Gasteiger partial charge in [0.2, 0.25) is 0 Å². The van der Waals surface area contributed by atoms with Crippen LogP contribution in [0.2, 0.25) is 0 Å². The lowest BCUT2D eigenvalue weighted by atomic mass is 10.1. The van der Waals surface area contributed by atoms with Crippen LogP contribution >= 0.6 is 11.8 Å². The summed E-state index contributed by atoms with van der Waals surface area (Å²) in [6, 6.07) is 8.83. The number of aromatic nitrogens is 2. The Morgan fingerprint density at radius 3 is 2.76 bits per heavy atom. The van der Waals surface area contributed by atoms with E-state index in [-0.39, 0.29) is 0 Å². The van der Waals surface area contributed by atoms with Crippen LogP contribution in [0.15, 0.2) is 46.5 Å². The fourth-order valence-corrected chi connectivity index (χ4v) is 2.73. The Morgan fingerprint density at radius 2 is 2.12 bits per heavy atom. The fourth-order valence-electron chi connectivity index (χ4n) is 1.67. The summed E-state index contributed by atoms with van der Waals surface area (Å²) in [6.45, 7) is 2.17. The fraction of sp³-hybridized carbons (Fsp3) is 0.308. The second kappa shape index (κ2) is 5.38. The molecule has 0 radical (unpaired) electrons. The van der Waals surface area contributed by atoms with Gasteiger partial charge in [-0.1, -0.05) is 30.0 Å². The van der Waals surface area contributed by atoms with Crippen LogP contribution in [-0.4, -0.2) is 16.8 Å². The molecule has 3 nitrogen and oxygen atoms in total. The number of benzene rings is 1. The molecule has 4 heteroatoms. The van der Waals surface area contributed by atoms with Crippen molar-refractivity contribution in [3.05, 3.63) is 42.2 Å². The van der Waals surface area contributed by atoms with Gasteiger partial charge in [-0.3, -0.25) is 4.68 Å². The summed E-state index contributed by atoms with van der Waals surface area (Å²) in [5.41, 5.74) is 1.32. The van der Waals surface area contributed by atoms with Crippen molar-refractivity contribution in [2.24, 2.45) is 7.05 Å². The lowest BCUT2D eigenvalue weighted by molar-refractivity contribution is 0.641. The Morgan fingerprint density at radius 1 is 1.35 bits per heavy atom. The van der Waals surface area contributed by atoms with Crippen LogP contribution in [-0.2, 0) is 7.05 Å². The average Bonchev–Trinajstić information content (AvgIpc) is 2.74. The van der Waals surface area contributed by atoms with Crippen LogP contribution in [0.3, 0.4) is 0 Å². The largest absolute Gasteiger partial charge is 0.313 e. The van der Waals surface area contributed by atoms with Gasteiger partial charge in [0, 0.05) is 24.2 Å². The second-order valence-corrected chi connectivity index (χ2v) is 5.12. The standard InChI is InChI=1S/C13H17N3S/c1-10(14-2)12-6-4-5-7-13(12)17-11-8-15-16(3)9-11/h4-10,14H,1-3H3. The van der Waals surface area contributed by atoms with Gasteiger partial charge >= 0.3 is 0 Å². The van der Waals surface area contributed by atoms with Crippen LogP contribution in [0.5, 0.6) is 0 Å². The number of nitrogens with zero attached hydrogens (tertiary/aromatic N) is 2. The van der Waals surface area contributed by atoms with Crippen LogP contribution in [0, 0.1) is 0 Å². The number of hydrogen-bond acceptors (Lipinski definition) is 3. The summed E-state index contributed by atoms with van der Waals surface area (Å²) in [5.74, 6) is 0. The first kappa shape index (κ1) is 12.2. The monoisotopic (exact) mass is 247 g/mol. The Labute approximate surface area is 106 Å². The van der Waals surface area contributed by atoms with E-state index in [4.69, 9.17) is 0 Å². The van der Waals surface area contributed by atoms with E-state index in [1.807, 2.05) is 31.2 Å². The molecule has 1 aromatic carbocycles. The van der Waals surface area contributed by atoms with Gasteiger partial charge in [0.15, 0.2) is 0 Å². The van der Waals surface area contributed by atoms with Crippen molar-refractivity contribution < 1.29 is 0 Å². The molecule has 2 aromatic rings. The zero-order chi connectivity index (χ0) is 12.3. The maximum atomic E-state index is 4.19. The highest BCUT2D eigenvalue weighted by atomic mass is 32.2. The van der Waals surface area contributed by atoms with Gasteiger partial charge in [0.25, 0.3) is 0 Å². The minimum absolute atomic E-state index is 0.357. The zero-order valence-electron chi connectivity index (χ0n) is 10.3. The van der Waals surface area contributed by atoms with Crippen LogP contribution in [0.1, 0.15) is 18.5 Å². The summed E-state index contributed by atoms with van der Waals surface area (Å²) < 4.78 is 1.83. The Kier molecular flexibility index (Phi) is 3.86. The summed E-state index contributed by atoms with van der Waals surface area (Å²) in [6.07, 6.45) is 3.93. The third-order valence-corrected chi connectivity index (χ3v) is 3.77. The highest BCUT2D eigenvalue weighted by Gasteiger charge is 2.09. The lowest BCUT2D eigenvalue weighted by Crippen LogP contribution is -2.12. The molecule has 0 aliphatic rings. The molecule has 0 aliphatic carbocycles. The van der Waals surface area contributed by atoms with Crippen molar-refractivity contribution in [1.82, 2.24) is 15.1 Å². The van der Waals surface area contributed by atoms with Gasteiger partial charge in [0.05, 0.1) is 11.1 Å². The molecule has 0 aliphatic heterocycles. The van der Waals surface area contributed by atoms with E-state index in [2.05, 4.69) is 41.6 Å². The van der Waals surface area contributed by atoms with E-state index in [0.717, 1.165) is 0 Å². The van der Waals surface area contributed by atoms with Gasteiger partial charge in [-0.2, -0.15) is 5.10 Å². The molecule has 0 spiro atoms. The Hall–Kier alpha value is -1.26. The third-order valence-electron chi connectivity index (χ3n) is 2.73. The second-order valence-electron chi connectivity index (χ2n) is 4.00. The summed E-state index contributed by atoms with van der Waals surface area (Å²) >= 11 is 1.76. The van der Waals surface area contributed by atoms with E-state index >= 15 is 0 Å². The maximum absolute atomic E-state index is 4.19. The van der Waals surface area contributed by atoms with Crippen molar-refractivity contribution in [2.75, 3.05) is 7.05 Å². The van der Waals surface area contributed by atoms with E-state index in [9.17, 15) is 0 Å². The molecule has 1 N–H and O–H groups in total. The predicted octanol–water partition coefficient (Wildman–Crippen LogP) is 2.85. The van der Waals surface area contributed by atoms with Crippen molar-refractivity contribution in [2.45, 2.75) is 22.8 Å². The quantitative estimate of drug-likeness (QED) is 0.901. The molecule has 0 bridgehead atoms. The SMILES string of the molecule is CNC(C)c1ccccc1Sc1cnn(C)c1. The third kappa shape index (κ3) is 2.90. The molecule has 0 saturated heterocycles. The first-order valence-electron chi connectivity index (χ1n) is 5.63. The summed E-state index contributed by atoms with van der Waals surface area (Å²) in [7, 11) is 3.92. The van der Waals surface area contributed by atoms with Gasteiger partial charge in [0.1, 0.15) is 0 Å². The molecular formula is C13H17N3S. The minimum Gasteiger partial charge on any atom is -0.313 e. The lowest BCUT2D eigenvalue weighted by Gasteiger charge is -2.14.